The molecule has 0 aliphatic carbocycles. The number of carbonyl (C=O) groups excluding carboxylic acids is 1. The van der Waals surface area contributed by atoms with Crippen molar-refractivity contribution in [1.82, 2.24) is 15.1 Å². The Bertz CT molecular complexity index is 1010. The Hall–Kier alpha value is -3.35. The van der Waals surface area contributed by atoms with E-state index in [1.165, 1.54) is 6.26 Å². The molecular weight excluding hydrogens is 358 g/mol. The van der Waals surface area contributed by atoms with Gasteiger partial charge in [0, 0.05) is 11.3 Å². The second-order valence-corrected chi connectivity index (χ2v) is 6.91. The van der Waals surface area contributed by atoms with Gasteiger partial charge in [-0.25, -0.2) is 4.68 Å². The van der Waals surface area contributed by atoms with Crippen molar-refractivity contribution in [3.05, 3.63) is 70.4 Å². The summed E-state index contributed by atoms with van der Waals surface area (Å²) in [7, 11) is 0. The molecular formula is C21H23N3O4. The number of aromatic nitrogens is 2. The molecule has 0 aliphatic heterocycles. The van der Waals surface area contributed by atoms with Gasteiger partial charge in [-0.1, -0.05) is 12.1 Å². The van der Waals surface area contributed by atoms with E-state index >= 15 is 0 Å². The highest BCUT2D eigenvalue weighted by Gasteiger charge is 2.22. The first-order valence-corrected chi connectivity index (χ1v) is 8.99. The molecule has 2 N–H and O–H groups in total. The average Bonchev–Trinajstić information content (AvgIpc) is 3.16. The van der Waals surface area contributed by atoms with Gasteiger partial charge in [-0.15, -0.1) is 0 Å². The van der Waals surface area contributed by atoms with E-state index in [0.717, 1.165) is 22.6 Å². The largest absolute Gasteiger partial charge is 0.481 e. The molecule has 0 saturated carbocycles. The molecule has 7 heteroatoms. The number of aryl methyl sites for hydroxylation is 3. The number of furan rings is 1. The zero-order chi connectivity index (χ0) is 20.4. The Labute approximate surface area is 163 Å². The van der Waals surface area contributed by atoms with Crippen molar-refractivity contribution in [2.24, 2.45) is 0 Å². The number of amides is 1. The smallest absolute Gasteiger partial charge is 0.311 e. The van der Waals surface area contributed by atoms with Crippen LogP contribution in [0.1, 0.15) is 51.6 Å². The number of carboxylic acid groups (broad SMARTS) is 1. The van der Waals surface area contributed by atoms with Gasteiger partial charge in [0.1, 0.15) is 12.2 Å². The zero-order valence-corrected chi connectivity index (χ0v) is 16.3. The number of nitrogens with one attached hydrogen (secondary N) is 1. The van der Waals surface area contributed by atoms with Gasteiger partial charge in [0.2, 0.25) is 0 Å². The van der Waals surface area contributed by atoms with Gasteiger partial charge in [-0.05, 0) is 51.5 Å². The van der Waals surface area contributed by atoms with E-state index < -0.39 is 5.97 Å². The van der Waals surface area contributed by atoms with Crippen molar-refractivity contribution in [2.45, 2.75) is 40.2 Å². The lowest BCUT2D eigenvalue weighted by atomic mass is 10.1. The molecule has 1 unspecified atom stereocenters. The maximum absolute atomic E-state index is 12.7. The van der Waals surface area contributed by atoms with Crippen molar-refractivity contribution < 1.29 is 19.1 Å². The number of aliphatic carboxylic acids is 1. The molecule has 0 fully saturated rings. The minimum atomic E-state index is -1.05. The minimum absolute atomic E-state index is 0.162. The Balaban J connectivity index is 1.75. The molecule has 1 atom stereocenters. The summed E-state index contributed by atoms with van der Waals surface area (Å²) in [5.74, 6) is -1.23. The summed E-state index contributed by atoms with van der Waals surface area (Å²) < 4.78 is 7.11. The molecule has 0 radical (unpaired) electrons. The maximum Gasteiger partial charge on any atom is 0.311 e. The fourth-order valence-corrected chi connectivity index (χ4v) is 3.22. The molecule has 1 amide bonds. The van der Waals surface area contributed by atoms with Crippen molar-refractivity contribution >= 4 is 11.9 Å². The van der Waals surface area contributed by atoms with Crippen molar-refractivity contribution in [3.63, 3.8) is 0 Å². The van der Waals surface area contributed by atoms with Gasteiger partial charge >= 0.3 is 5.97 Å². The molecule has 146 valence electrons. The van der Waals surface area contributed by atoms with E-state index in [1.807, 2.05) is 55.8 Å². The molecule has 0 aliphatic rings. The number of carboxylic acids is 1. The lowest BCUT2D eigenvalue weighted by Crippen LogP contribution is -2.28. The van der Waals surface area contributed by atoms with Crippen LogP contribution in [0.3, 0.4) is 0 Å². The second-order valence-electron chi connectivity index (χ2n) is 6.91. The average molecular weight is 381 g/mol. The first-order chi connectivity index (χ1) is 13.3. The number of nitrogens with zero attached hydrogens (tertiary/aromatic N) is 2. The first kappa shape index (κ1) is 19.4. The summed E-state index contributed by atoms with van der Waals surface area (Å²) in [4.78, 5) is 23.6. The van der Waals surface area contributed by atoms with Gasteiger partial charge in [0.25, 0.3) is 5.91 Å². The molecule has 7 nitrogen and oxygen atoms in total. The first-order valence-electron chi connectivity index (χ1n) is 8.99. The number of rotatable bonds is 6. The van der Waals surface area contributed by atoms with E-state index in [1.54, 1.807) is 6.92 Å². The predicted octanol–water partition coefficient (Wildman–Crippen LogP) is 3.51. The maximum atomic E-state index is 12.7. The minimum Gasteiger partial charge on any atom is -0.481 e. The fraction of sp³-hybridized carbons (Fsp3) is 0.286. The van der Waals surface area contributed by atoms with Crippen LogP contribution >= 0.6 is 0 Å². The summed E-state index contributed by atoms with van der Waals surface area (Å²) in [5.41, 5.74) is 4.78. The van der Waals surface area contributed by atoms with Gasteiger partial charge in [-0.3, -0.25) is 9.59 Å². The Morgan fingerprint density at radius 3 is 2.46 bits per heavy atom. The Morgan fingerprint density at radius 2 is 1.89 bits per heavy atom. The number of carbonyl (C=O) groups is 2. The highest BCUT2D eigenvalue weighted by Crippen LogP contribution is 2.21. The summed E-state index contributed by atoms with van der Waals surface area (Å²) in [5, 5.41) is 16.4. The number of hydrogen-bond donors (Lipinski definition) is 2. The van der Waals surface area contributed by atoms with Gasteiger partial charge in [0.15, 0.2) is 0 Å². The third-order valence-electron chi connectivity index (χ3n) is 4.58. The van der Waals surface area contributed by atoms with E-state index in [0.29, 0.717) is 5.56 Å². The topological polar surface area (TPSA) is 97.4 Å². The normalized spacial score (nSPS) is 12.0. The molecule has 1 aromatic carbocycles. The van der Waals surface area contributed by atoms with Crippen LogP contribution in [0.5, 0.6) is 0 Å². The van der Waals surface area contributed by atoms with Gasteiger partial charge < -0.3 is 14.8 Å². The third-order valence-corrected chi connectivity index (χ3v) is 4.58. The lowest BCUT2D eigenvalue weighted by Gasteiger charge is -2.15. The SMILES string of the molecule is Cc1cc(C)n(-c2ccc(C(C)NC(=O)c3c(C)coc3CC(=O)O)cc2)n1. The van der Waals surface area contributed by atoms with Crippen LogP contribution in [-0.2, 0) is 11.2 Å². The van der Waals surface area contributed by atoms with Crippen LogP contribution in [0.4, 0.5) is 0 Å². The fourth-order valence-electron chi connectivity index (χ4n) is 3.22. The zero-order valence-electron chi connectivity index (χ0n) is 16.3. The quantitative estimate of drug-likeness (QED) is 0.681. The molecule has 3 rings (SSSR count). The Kier molecular flexibility index (Phi) is 5.35. The van der Waals surface area contributed by atoms with Crippen molar-refractivity contribution in [2.75, 3.05) is 0 Å². The summed E-state index contributed by atoms with van der Waals surface area (Å²) in [6.07, 6.45) is 1.07. The second kappa shape index (κ2) is 7.72. The van der Waals surface area contributed by atoms with Crippen molar-refractivity contribution in [1.29, 1.82) is 0 Å². The predicted molar refractivity (Wildman–Crippen MR) is 104 cm³/mol. The lowest BCUT2D eigenvalue weighted by molar-refractivity contribution is -0.136. The van der Waals surface area contributed by atoms with Crippen molar-refractivity contribution in [3.8, 4) is 5.69 Å². The van der Waals surface area contributed by atoms with E-state index in [9.17, 15) is 9.59 Å². The highest BCUT2D eigenvalue weighted by molar-refractivity contribution is 5.97. The summed E-state index contributed by atoms with van der Waals surface area (Å²) >= 11 is 0. The van der Waals surface area contributed by atoms with Crippen LogP contribution < -0.4 is 5.32 Å². The van der Waals surface area contributed by atoms with Crippen LogP contribution in [-0.4, -0.2) is 26.8 Å². The summed E-state index contributed by atoms with van der Waals surface area (Å²) in [6, 6.07) is 9.55. The molecule has 2 heterocycles. The monoisotopic (exact) mass is 381 g/mol. The molecule has 3 aromatic rings. The van der Waals surface area contributed by atoms with E-state index in [4.69, 9.17) is 9.52 Å². The molecule has 2 aromatic heterocycles. The van der Waals surface area contributed by atoms with E-state index in [2.05, 4.69) is 10.4 Å². The Morgan fingerprint density at radius 1 is 1.21 bits per heavy atom. The van der Waals surface area contributed by atoms with Crippen LogP contribution in [0.25, 0.3) is 5.69 Å². The number of benzene rings is 1. The van der Waals surface area contributed by atoms with Crippen LogP contribution in [0.15, 0.2) is 41.0 Å². The highest BCUT2D eigenvalue weighted by atomic mass is 16.4. The van der Waals surface area contributed by atoms with Gasteiger partial charge in [0.05, 0.1) is 29.2 Å². The standard InChI is InChI=1S/C21H23N3O4/c1-12-11-28-18(10-19(25)26)20(12)21(27)22-15(4)16-5-7-17(8-6-16)24-14(3)9-13(2)23-24/h5-9,11,15H,10H2,1-4H3,(H,22,27)(H,25,26). The van der Waals surface area contributed by atoms with Crippen LogP contribution in [0, 0.1) is 20.8 Å². The van der Waals surface area contributed by atoms with E-state index in [-0.39, 0.29) is 29.7 Å². The van der Waals surface area contributed by atoms with Gasteiger partial charge in [-0.2, -0.15) is 5.10 Å². The molecule has 28 heavy (non-hydrogen) atoms. The molecule has 0 saturated heterocycles. The molecule has 0 bridgehead atoms. The third kappa shape index (κ3) is 3.98. The number of hydrogen-bond acceptors (Lipinski definition) is 4. The molecule has 0 spiro atoms. The van der Waals surface area contributed by atoms with Crippen LogP contribution in [0.2, 0.25) is 0 Å². The summed E-state index contributed by atoms with van der Waals surface area (Å²) in [6.45, 7) is 7.55.